The number of hydrogen-bond acceptors (Lipinski definition) is 4. The topological polar surface area (TPSA) is 76.4 Å². The highest BCUT2D eigenvalue weighted by Crippen LogP contribution is 2.16. The number of hydrogen-bond donors (Lipinski definition) is 2. The van der Waals surface area contributed by atoms with Crippen molar-refractivity contribution in [2.75, 3.05) is 20.3 Å². The number of carbonyl (C=O) groups is 1. The minimum Gasteiger partial charge on any atom is -0.389 e. The molecular weight excluding hydrogens is 294 g/mol. The van der Waals surface area contributed by atoms with Crippen LogP contribution in [0.3, 0.4) is 0 Å². The number of aliphatic hydroxyl groups is 1. The summed E-state index contributed by atoms with van der Waals surface area (Å²) >= 11 is 0. The van der Waals surface area contributed by atoms with Crippen molar-refractivity contribution in [1.82, 2.24) is 15.1 Å². The summed E-state index contributed by atoms with van der Waals surface area (Å²) in [4.78, 5) is 12.1. The van der Waals surface area contributed by atoms with Crippen molar-refractivity contribution in [2.24, 2.45) is 0 Å². The molecule has 1 amide bonds. The molecule has 2 N–H and O–H groups in total. The number of carbonyl (C=O) groups excluding carboxylic acids is 1. The van der Waals surface area contributed by atoms with Crippen LogP contribution in [0.4, 0.5) is 0 Å². The van der Waals surface area contributed by atoms with Gasteiger partial charge in [-0.1, -0.05) is 6.07 Å². The van der Waals surface area contributed by atoms with Crippen LogP contribution in [-0.2, 0) is 4.74 Å². The van der Waals surface area contributed by atoms with Crippen LogP contribution in [0.1, 0.15) is 27.3 Å². The molecule has 2 rings (SSSR count). The van der Waals surface area contributed by atoms with Crippen molar-refractivity contribution in [3.63, 3.8) is 0 Å². The zero-order valence-electron chi connectivity index (χ0n) is 14.0. The van der Waals surface area contributed by atoms with Crippen LogP contribution in [-0.4, -0.2) is 47.2 Å². The van der Waals surface area contributed by atoms with Gasteiger partial charge in [0.1, 0.15) is 0 Å². The van der Waals surface area contributed by atoms with E-state index in [-0.39, 0.29) is 19.1 Å². The van der Waals surface area contributed by atoms with Crippen molar-refractivity contribution in [1.29, 1.82) is 0 Å². The number of rotatable bonds is 6. The molecule has 0 aliphatic rings. The summed E-state index contributed by atoms with van der Waals surface area (Å²) in [5, 5.41) is 16.6. The first-order valence-corrected chi connectivity index (χ1v) is 7.51. The van der Waals surface area contributed by atoms with Gasteiger partial charge in [0.25, 0.3) is 5.91 Å². The monoisotopic (exact) mass is 317 g/mol. The van der Waals surface area contributed by atoms with Gasteiger partial charge in [0.05, 0.1) is 18.4 Å². The fraction of sp³-hybridized carbons (Fsp3) is 0.412. The van der Waals surface area contributed by atoms with Gasteiger partial charge in [0.15, 0.2) is 5.69 Å². The second-order valence-electron chi connectivity index (χ2n) is 5.75. The number of aliphatic hydroxyl groups excluding tert-OH is 1. The van der Waals surface area contributed by atoms with Crippen molar-refractivity contribution in [3.05, 3.63) is 46.8 Å². The molecular formula is C17H23N3O3. The number of aromatic nitrogens is 2. The van der Waals surface area contributed by atoms with Crippen LogP contribution in [0.2, 0.25) is 0 Å². The van der Waals surface area contributed by atoms with E-state index in [1.54, 1.807) is 10.7 Å². The molecule has 6 nitrogen and oxygen atoms in total. The molecule has 1 aromatic carbocycles. The molecule has 0 aliphatic heterocycles. The summed E-state index contributed by atoms with van der Waals surface area (Å²) in [7, 11) is 1.50. The Bertz CT molecular complexity index is 674. The molecule has 0 fully saturated rings. The van der Waals surface area contributed by atoms with E-state index < -0.39 is 6.10 Å². The number of amides is 1. The maximum atomic E-state index is 12.1. The lowest BCUT2D eigenvalue weighted by atomic mass is 10.1. The highest BCUT2D eigenvalue weighted by Gasteiger charge is 2.14. The quantitative estimate of drug-likeness (QED) is 0.847. The van der Waals surface area contributed by atoms with E-state index >= 15 is 0 Å². The average molecular weight is 317 g/mol. The smallest absolute Gasteiger partial charge is 0.271 e. The first kappa shape index (κ1) is 17.2. The fourth-order valence-electron chi connectivity index (χ4n) is 2.47. The minimum absolute atomic E-state index is 0.127. The zero-order valence-corrected chi connectivity index (χ0v) is 14.0. The van der Waals surface area contributed by atoms with Crippen LogP contribution < -0.4 is 5.32 Å². The molecule has 1 unspecified atom stereocenters. The van der Waals surface area contributed by atoms with Crippen molar-refractivity contribution in [3.8, 4) is 5.69 Å². The number of nitrogens with one attached hydrogen (secondary N) is 1. The minimum atomic E-state index is -0.730. The Morgan fingerprint density at radius 2 is 1.91 bits per heavy atom. The Balaban J connectivity index is 2.16. The zero-order chi connectivity index (χ0) is 17.0. The van der Waals surface area contributed by atoms with E-state index in [1.807, 2.05) is 32.9 Å². The predicted octanol–water partition coefficient (Wildman–Crippen LogP) is 1.53. The van der Waals surface area contributed by atoms with E-state index in [2.05, 4.69) is 16.5 Å². The van der Waals surface area contributed by atoms with Crippen LogP contribution in [0.25, 0.3) is 5.69 Å². The molecule has 1 atom stereocenters. The molecule has 0 aliphatic carbocycles. The Kier molecular flexibility index (Phi) is 5.52. The van der Waals surface area contributed by atoms with Gasteiger partial charge in [-0.3, -0.25) is 4.79 Å². The van der Waals surface area contributed by atoms with Gasteiger partial charge in [-0.15, -0.1) is 0 Å². The Hall–Kier alpha value is -2.18. The third kappa shape index (κ3) is 4.40. The first-order valence-electron chi connectivity index (χ1n) is 7.51. The lowest BCUT2D eigenvalue weighted by molar-refractivity contribution is 0.0608. The summed E-state index contributed by atoms with van der Waals surface area (Å²) in [5.41, 5.74) is 4.41. The molecule has 1 aromatic heterocycles. The number of nitrogens with zero attached hydrogens (tertiary/aromatic N) is 2. The lowest BCUT2D eigenvalue weighted by Crippen LogP contribution is -2.34. The van der Waals surface area contributed by atoms with Gasteiger partial charge in [-0.25, -0.2) is 4.68 Å². The molecule has 0 radical (unpaired) electrons. The van der Waals surface area contributed by atoms with Gasteiger partial charge in [0, 0.05) is 19.3 Å². The summed E-state index contributed by atoms with van der Waals surface area (Å²) in [6, 6.07) is 7.87. The van der Waals surface area contributed by atoms with Crippen LogP contribution >= 0.6 is 0 Å². The van der Waals surface area contributed by atoms with E-state index in [4.69, 9.17) is 4.74 Å². The molecule has 0 bridgehead atoms. The van der Waals surface area contributed by atoms with E-state index in [0.29, 0.717) is 5.69 Å². The fourth-order valence-corrected chi connectivity index (χ4v) is 2.47. The number of aryl methyl sites for hydroxylation is 3. The van der Waals surface area contributed by atoms with E-state index in [1.165, 1.54) is 7.11 Å². The SMILES string of the molecule is COCC(O)CNC(=O)c1cc(C)n(-c2cc(C)cc(C)c2)n1. The van der Waals surface area contributed by atoms with Crippen molar-refractivity contribution < 1.29 is 14.6 Å². The molecule has 2 aromatic rings. The molecule has 23 heavy (non-hydrogen) atoms. The second-order valence-corrected chi connectivity index (χ2v) is 5.75. The third-order valence-electron chi connectivity index (χ3n) is 3.43. The molecule has 0 saturated heterocycles. The van der Waals surface area contributed by atoms with Crippen molar-refractivity contribution >= 4 is 5.91 Å². The maximum Gasteiger partial charge on any atom is 0.271 e. The highest BCUT2D eigenvalue weighted by molar-refractivity contribution is 5.92. The normalized spacial score (nSPS) is 12.2. The largest absolute Gasteiger partial charge is 0.389 e. The standard InChI is InChI=1S/C17H23N3O3/c1-11-5-12(2)7-14(6-11)20-13(3)8-16(19-20)17(22)18-9-15(21)10-23-4/h5-8,15,21H,9-10H2,1-4H3,(H,18,22). The van der Waals surface area contributed by atoms with Crippen LogP contribution in [0.5, 0.6) is 0 Å². The van der Waals surface area contributed by atoms with Crippen LogP contribution in [0, 0.1) is 20.8 Å². The first-order chi connectivity index (χ1) is 10.9. The van der Waals surface area contributed by atoms with Gasteiger partial charge in [0.2, 0.25) is 0 Å². The van der Waals surface area contributed by atoms with Crippen molar-refractivity contribution in [2.45, 2.75) is 26.9 Å². The van der Waals surface area contributed by atoms with Gasteiger partial charge >= 0.3 is 0 Å². The molecule has 124 valence electrons. The van der Waals surface area contributed by atoms with Gasteiger partial charge < -0.3 is 15.2 Å². The van der Waals surface area contributed by atoms with Gasteiger partial charge in [-0.05, 0) is 50.1 Å². The predicted molar refractivity (Wildman–Crippen MR) is 88.0 cm³/mol. The maximum absolute atomic E-state index is 12.1. The van der Waals surface area contributed by atoms with Gasteiger partial charge in [-0.2, -0.15) is 5.10 Å². The summed E-state index contributed by atoms with van der Waals surface area (Å²) in [6.45, 7) is 6.26. The molecule has 1 heterocycles. The molecule has 0 spiro atoms. The Morgan fingerprint density at radius 1 is 1.26 bits per heavy atom. The summed E-state index contributed by atoms with van der Waals surface area (Å²) in [5.74, 6) is -0.314. The number of benzene rings is 1. The number of ether oxygens (including phenoxy) is 1. The summed E-state index contributed by atoms with van der Waals surface area (Å²) < 4.78 is 6.57. The second kappa shape index (κ2) is 7.39. The average Bonchev–Trinajstić information content (AvgIpc) is 2.86. The Morgan fingerprint density at radius 3 is 2.52 bits per heavy atom. The Labute approximate surface area is 136 Å². The third-order valence-corrected chi connectivity index (χ3v) is 3.43. The van der Waals surface area contributed by atoms with Crippen LogP contribution in [0.15, 0.2) is 24.3 Å². The number of methoxy groups -OCH3 is 1. The lowest BCUT2D eigenvalue weighted by Gasteiger charge is -2.09. The van der Waals surface area contributed by atoms with E-state index in [0.717, 1.165) is 22.5 Å². The van der Waals surface area contributed by atoms with E-state index in [9.17, 15) is 9.90 Å². The summed E-state index contributed by atoms with van der Waals surface area (Å²) in [6.07, 6.45) is -0.730. The molecule has 6 heteroatoms. The molecule has 0 saturated carbocycles. The highest BCUT2D eigenvalue weighted by atomic mass is 16.5.